The van der Waals surface area contributed by atoms with Crippen LogP contribution in [0.3, 0.4) is 0 Å². The first-order valence-corrected chi connectivity index (χ1v) is 11.0. The summed E-state index contributed by atoms with van der Waals surface area (Å²) in [5, 5.41) is 5.56. The highest BCUT2D eigenvalue weighted by atomic mass is 35.5. The molecule has 0 aliphatic carbocycles. The van der Waals surface area contributed by atoms with Crippen molar-refractivity contribution in [3.8, 4) is 0 Å². The molecule has 0 aromatic heterocycles. The van der Waals surface area contributed by atoms with Crippen molar-refractivity contribution >= 4 is 31.6 Å². The average molecular weight is 418 g/mol. The Hall–Kier alpha value is -1.49. The van der Waals surface area contributed by atoms with Gasteiger partial charge in [0.05, 0.1) is 9.79 Å². The number of halogens is 1. The summed E-state index contributed by atoms with van der Waals surface area (Å²) in [4.78, 5) is 1.65. The summed E-state index contributed by atoms with van der Waals surface area (Å²) in [5.41, 5.74) is 0.798. The molecular formula is C16H20ClN3O4S2. The van der Waals surface area contributed by atoms with Gasteiger partial charge in [-0.3, -0.25) is 0 Å². The topological polar surface area (TPSA) is 110 Å². The number of nitrogens with one attached hydrogen (secondary N) is 1. The van der Waals surface area contributed by atoms with Crippen LogP contribution in [0.5, 0.6) is 0 Å². The molecule has 3 N–H and O–H groups in total. The molecule has 0 spiro atoms. The van der Waals surface area contributed by atoms with Crippen LogP contribution >= 0.6 is 11.6 Å². The summed E-state index contributed by atoms with van der Waals surface area (Å²) in [7, 11) is -4.06. The Morgan fingerprint density at radius 3 is 2.04 bits per heavy atom. The van der Waals surface area contributed by atoms with E-state index in [-0.39, 0.29) is 22.4 Å². The lowest BCUT2D eigenvalue weighted by molar-refractivity contribution is 0.299. The molecule has 1 atom stereocenters. The van der Waals surface area contributed by atoms with Gasteiger partial charge in [0.1, 0.15) is 0 Å². The van der Waals surface area contributed by atoms with E-state index in [4.69, 9.17) is 16.7 Å². The maximum atomic E-state index is 12.5. The molecule has 0 amide bonds. The third-order valence-electron chi connectivity index (χ3n) is 3.82. The molecule has 2 aromatic rings. The first kappa shape index (κ1) is 20.8. The van der Waals surface area contributed by atoms with Crippen LogP contribution < -0.4 is 9.86 Å². The lowest BCUT2D eigenvalue weighted by Crippen LogP contribution is -2.34. The number of sulfonamides is 2. The molecule has 0 radical (unpaired) electrons. The molecule has 10 heteroatoms. The summed E-state index contributed by atoms with van der Waals surface area (Å²) in [6, 6.07) is 11.6. The first-order valence-electron chi connectivity index (χ1n) is 7.56. The van der Waals surface area contributed by atoms with Gasteiger partial charge in [-0.1, -0.05) is 29.8 Å². The van der Waals surface area contributed by atoms with Gasteiger partial charge in [-0.2, -0.15) is 0 Å². The molecule has 2 aromatic carbocycles. The Morgan fingerprint density at radius 1 is 1.00 bits per heavy atom. The molecule has 142 valence electrons. The van der Waals surface area contributed by atoms with Gasteiger partial charge in [-0.05, 0) is 50.0 Å². The van der Waals surface area contributed by atoms with Crippen molar-refractivity contribution in [2.45, 2.75) is 15.8 Å². The summed E-state index contributed by atoms with van der Waals surface area (Å²) < 4.78 is 50.1. The Morgan fingerprint density at radius 2 is 1.54 bits per heavy atom. The van der Waals surface area contributed by atoms with Crippen LogP contribution in [0.2, 0.25) is 5.02 Å². The molecule has 0 fully saturated rings. The van der Waals surface area contributed by atoms with Gasteiger partial charge in [0.2, 0.25) is 20.0 Å². The summed E-state index contributed by atoms with van der Waals surface area (Å²) in [5.74, 6) is 0. The van der Waals surface area contributed by atoms with Crippen molar-refractivity contribution in [3.63, 3.8) is 0 Å². The molecule has 0 heterocycles. The van der Waals surface area contributed by atoms with Crippen LogP contribution in [0.4, 0.5) is 0 Å². The van der Waals surface area contributed by atoms with Crippen molar-refractivity contribution < 1.29 is 16.8 Å². The molecule has 2 rings (SSSR count). The molecule has 1 unspecified atom stereocenters. The van der Waals surface area contributed by atoms with E-state index in [1.165, 1.54) is 12.1 Å². The summed E-state index contributed by atoms with van der Waals surface area (Å²) >= 11 is 6.22. The minimum absolute atomic E-state index is 0.0541. The molecule has 26 heavy (non-hydrogen) atoms. The van der Waals surface area contributed by atoms with Gasteiger partial charge in [0, 0.05) is 17.6 Å². The van der Waals surface area contributed by atoms with E-state index >= 15 is 0 Å². The molecule has 7 nitrogen and oxygen atoms in total. The maximum Gasteiger partial charge on any atom is 0.240 e. The fraction of sp³-hybridized carbons (Fsp3) is 0.250. The van der Waals surface area contributed by atoms with Crippen LogP contribution in [0.15, 0.2) is 58.3 Å². The number of likely N-dealkylation sites (N-methyl/N-ethyl adjacent to an activating group) is 1. The van der Waals surface area contributed by atoms with Crippen molar-refractivity contribution in [3.05, 3.63) is 59.1 Å². The Kier molecular flexibility index (Phi) is 6.43. The van der Waals surface area contributed by atoms with Crippen molar-refractivity contribution in [1.82, 2.24) is 9.62 Å². The molecule has 0 aliphatic heterocycles. The second-order valence-electron chi connectivity index (χ2n) is 5.87. The van der Waals surface area contributed by atoms with Gasteiger partial charge >= 0.3 is 0 Å². The van der Waals surface area contributed by atoms with Gasteiger partial charge < -0.3 is 4.90 Å². The van der Waals surface area contributed by atoms with Crippen LogP contribution in [0.25, 0.3) is 0 Å². The average Bonchev–Trinajstić information content (AvgIpc) is 2.55. The summed E-state index contributed by atoms with van der Waals surface area (Å²) in [6.45, 7) is 0.0933. The zero-order chi connectivity index (χ0) is 19.5. The first-order chi connectivity index (χ1) is 12.0. The van der Waals surface area contributed by atoms with E-state index in [2.05, 4.69) is 4.72 Å². The highest BCUT2D eigenvalue weighted by Gasteiger charge is 2.21. The predicted octanol–water partition coefficient (Wildman–Crippen LogP) is 1.57. The van der Waals surface area contributed by atoms with Crippen LogP contribution in [-0.2, 0) is 20.0 Å². The fourth-order valence-corrected chi connectivity index (χ4v) is 4.21. The van der Waals surface area contributed by atoms with E-state index < -0.39 is 20.0 Å². The normalized spacial score (nSPS) is 13.7. The minimum atomic E-state index is -3.88. The molecular weight excluding hydrogens is 398 g/mol. The smallest absolute Gasteiger partial charge is 0.240 e. The second-order valence-corrected chi connectivity index (χ2v) is 9.60. The number of hydrogen-bond donors (Lipinski definition) is 2. The van der Waals surface area contributed by atoms with Crippen molar-refractivity contribution in [1.29, 1.82) is 0 Å². The highest BCUT2D eigenvalue weighted by Crippen LogP contribution is 2.26. The third kappa shape index (κ3) is 5.03. The molecule has 0 aliphatic rings. The molecule has 0 saturated carbocycles. The van der Waals surface area contributed by atoms with Gasteiger partial charge in [0.15, 0.2) is 0 Å². The Balaban J connectivity index is 2.21. The molecule has 0 saturated heterocycles. The predicted molar refractivity (Wildman–Crippen MR) is 101 cm³/mol. The molecule has 0 bridgehead atoms. The second kappa shape index (κ2) is 8.03. The SMILES string of the molecule is CN(C)C(CNS(=O)(=O)c1ccc(S(N)(=O)=O)cc1)c1ccccc1Cl. The zero-order valence-corrected chi connectivity index (χ0v) is 16.6. The lowest BCUT2D eigenvalue weighted by atomic mass is 10.1. The maximum absolute atomic E-state index is 12.5. The van der Waals surface area contributed by atoms with E-state index in [1.807, 2.05) is 31.1 Å². The number of rotatable bonds is 7. The van der Waals surface area contributed by atoms with Crippen LogP contribution in [0.1, 0.15) is 11.6 Å². The number of nitrogens with two attached hydrogens (primary N) is 1. The number of primary sulfonamides is 1. The summed E-state index contributed by atoms with van der Waals surface area (Å²) in [6.07, 6.45) is 0. The van der Waals surface area contributed by atoms with E-state index in [1.54, 1.807) is 12.1 Å². The largest absolute Gasteiger partial charge is 0.301 e. The van der Waals surface area contributed by atoms with E-state index in [9.17, 15) is 16.8 Å². The van der Waals surface area contributed by atoms with E-state index in [0.29, 0.717) is 5.02 Å². The highest BCUT2D eigenvalue weighted by molar-refractivity contribution is 7.89. The number of benzene rings is 2. The van der Waals surface area contributed by atoms with Gasteiger partial charge in [0.25, 0.3) is 0 Å². The fourth-order valence-electron chi connectivity index (χ4n) is 2.40. The lowest BCUT2D eigenvalue weighted by Gasteiger charge is -2.26. The van der Waals surface area contributed by atoms with Gasteiger partial charge in [-0.25, -0.2) is 26.7 Å². The number of nitrogens with zero attached hydrogens (tertiary/aromatic N) is 1. The minimum Gasteiger partial charge on any atom is -0.301 e. The van der Waals surface area contributed by atoms with Crippen molar-refractivity contribution in [2.24, 2.45) is 5.14 Å². The zero-order valence-electron chi connectivity index (χ0n) is 14.3. The van der Waals surface area contributed by atoms with Crippen LogP contribution in [0, 0.1) is 0 Å². The number of hydrogen-bond acceptors (Lipinski definition) is 5. The Bertz CT molecular complexity index is 975. The monoisotopic (exact) mass is 417 g/mol. The Labute approximate surface area is 158 Å². The quantitative estimate of drug-likeness (QED) is 0.710. The third-order valence-corrected chi connectivity index (χ3v) is 6.53. The van der Waals surface area contributed by atoms with E-state index in [0.717, 1.165) is 17.7 Å². The standard InChI is InChI=1S/C16H20ClN3O4S2/c1-20(2)16(14-5-3-4-6-15(14)17)11-19-26(23,24)13-9-7-12(8-10-13)25(18,21)22/h3-10,16,19H,11H2,1-2H3,(H2,18,21,22). The van der Waals surface area contributed by atoms with Crippen LogP contribution in [-0.4, -0.2) is 42.4 Å². The van der Waals surface area contributed by atoms with Gasteiger partial charge in [-0.15, -0.1) is 0 Å². The van der Waals surface area contributed by atoms with Crippen molar-refractivity contribution in [2.75, 3.05) is 20.6 Å².